The van der Waals surface area contributed by atoms with E-state index >= 15 is 0 Å². The van der Waals surface area contributed by atoms with Gasteiger partial charge in [-0.25, -0.2) is 9.78 Å². The van der Waals surface area contributed by atoms with E-state index in [0.717, 1.165) is 5.01 Å². The summed E-state index contributed by atoms with van der Waals surface area (Å²) < 4.78 is 0. The van der Waals surface area contributed by atoms with E-state index in [1.54, 1.807) is 6.20 Å². The quantitative estimate of drug-likeness (QED) is 0.703. The topological polar surface area (TPSA) is 108 Å². The van der Waals surface area contributed by atoms with Crippen LogP contribution < -0.4 is 10.6 Å². The molecule has 8 heteroatoms. The second-order valence-electron chi connectivity index (χ2n) is 4.28. The number of rotatable bonds is 7. The third-order valence-corrected chi connectivity index (χ3v) is 3.50. The van der Waals surface area contributed by atoms with Crippen molar-refractivity contribution in [3.8, 4) is 0 Å². The van der Waals surface area contributed by atoms with Gasteiger partial charge >= 0.3 is 12.0 Å². The third-order valence-electron chi connectivity index (χ3n) is 2.49. The maximum atomic E-state index is 11.4. The van der Waals surface area contributed by atoms with Crippen LogP contribution in [0.2, 0.25) is 0 Å². The molecular weight excluding hydrogens is 282 g/mol. The van der Waals surface area contributed by atoms with E-state index < -0.39 is 17.9 Å². The molecule has 3 amide bonds. The zero-order valence-electron chi connectivity index (χ0n) is 11.1. The first-order valence-electron chi connectivity index (χ1n) is 6.18. The molecule has 1 atom stereocenters. The Morgan fingerprint density at radius 2 is 2.15 bits per heavy atom. The van der Waals surface area contributed by atoms with Gasteiger partial charge in [-0.05, 0) is 6.42 Å². The van der Waals surface area contributed by atoms with Crippen LogP contribution in [0.1, 0.15) is 37.1 Å². The molecule has 0 bridgehead atoms. The molecule has 1 aromatic heterocycles. The number of carboxylic acid groups (broad SMARTS) is 1. The van der Waals surface area contributed by atoms with Crippen LogP contribution in [0.5, 0.6) is 0 Å². The Hall–Kier alpha value is -1.96. The van der Waals surface area contributed by atoms with Gasteiger partial charge in [0.25, 0.3) is 0 Å². The van der Waals surface area contributed by atoms with Crippen molar-refractivity contribution in [2.24, 2.45) is 0 Å². The van der Waals surface area contributed by atoms with Gasteiger partial charge in [0, 0.05) is 36.9 Å². The number of aromatic nitrogens is 1. The van der Waals surface area contributed by atoms with Crippen LogP contribution >= 0.6 is 11.3 Å². The Labute approximate surface area is 120 Å². The van der Waals surface area contributed by atoms with E-state index in [-0.39, 0.29) is 25.2 Å². The number of nitrogens with one attached hydrogen (secondary N) is 2. The second kappa shape index (κ2) is 8.26. The summed E-state index contributed by atoms with van der Waals surface area (Å²) in [6.07, 6.45) is 1.84. The first-order chi connectivity index (χ1) is 9.49. The number of imide groups is 1. The van der Waals surface area contributed by atoms with Crippen molar-refractivity contribution in [1.82, 2.24) is 15.6 Å². The molecule has 1 heterocycles. The summed E-state index contributed by atoms with van der Waals surface area (Å²) in [5.74, 6) is -1.37. The maximum Gasteiger partial charge on any atom is 0.321 e. The van der Waals surface area contributed by atoms with Crippen LogP contribution in [-0.2, 0) is 9.59 Å². The minimum Gasteiger partial charge on any atom is -0.481 e. The fourth-order valence-electron chi connectivity index (χ4n) is 1.44. The van der Waals surface area contributed by atoms with Crippen molar-refractivity contribution in [2.45, 2.75) is 32.1 Å². The van der Waals surface area contributed by atoms with Gasteiger partial charge in [0.1, 0.15) is 0 Å². The minimum absolute atomic E-state index is 0.0156. The molecule has 3 N–H and O–H groups in total. The molecule has 0 aliphatic carbocycles. The molecule has 0 saturated carbocycles. The molecule has 0 fully saturated rings. The zero-order valence-corrected chi connectivity index (χ0v) is 11.9. The van der Waals surface area contributed by atoms with E-state index in [4.69, 9.17) is 5.11 Å². The summed E-state index contributed by atoms with van der Waals surface area (Å²) in [5, 5.41) is 15.9. The average molecular weight is 299 g/mol. The van der Waals surface area contributed by atoms with Crippen molar-refractivity contribution in [3.05, 3.63) is 16.6 Å². The van der Waals surface area contributed by atoms with Crippen molar-refractivity contribution in [2.75, 3.05) is 6.54 Å². The molecule has 0 spiro atoms. The Kier molecular flexibility index (Phi) is 6.65. The fourth-order valence-corrected chi connectivity index (χ4v) is 2.14. The van der Waals surface area contributed by atoms with Crippen LogP contribution in [0, 0.1) is 0 Å². The number of urea groups is 1. The van der Waals surface area contributed by atoms with Crippen LogP contribution in [-0.4, -0.2) is 34.5 Å². The van der Waals surface area contributed by atoms with Crippen LogP contribution in [0.25, 0.3) is 0 Å². The predicted molar refractivity (Wildman–Crippen MR) is 73.6 cm³/mol. The minimum atomic E-state index is -0.959. The normalized spacial score (nSPS) is 11.7. The number of aliphatic carboxylic acids is 1. The van der Waals surface area contributed by atoms with Gasteiger partial charge in [-0.3, -0.25) is 14.9 Å². The lowest BCUT2D eigenvalue weighted by Gasteiger charge is -2.10. The molecular formula is C12H17N3O4S. The van der Waals surface area contributed by atoms with Gasteiger partial charge in [0.2, 0.25) is 5.91 Å². The molecule has 110 valence electrons. The van der Waals surface area contributed by atoms with Crippen LogP contribution in [0.15, 0.2) is 11.6 Å². The van der Waals surface area contributed by atoms with Gasteiger partial charge in [0.15, 0.2) is 0 Å². The first kappa shape index (κ1) is 16.1. The number of amides is 3. The number of nitrogens with zero attached hydrogens (tertiary/aromatic N) is 1. The predicted octanol–water partition coefficient (Wildman–Crippen LogP) is 1.33. The molecule has 0 aliphatic rings. The largest absolute Gasteiger partial charge is 0.481 e. The molecule has 0 aliphatic heterocycles. The fraction of sp³-hybridized carbons (Fsp3) is 0.500. The first-order valence-corrected chi connectivity index (χ1v) is 7.06. The second-order valence-corrected chi connectivity index (χ2v) is 5.20. The highest BCUT2D eigenvalue weighted by Gasteiger charge is 2.12. The van der Waals surface area contributed by atoms with Crippen molar-refractivity contribution in [1.29, 1.82) is 0 Å². The van der Waals surface area contributed by atoms with Gasteiger partial charge in [-0.2, -0.15) is 0 Å². The summed E-state index contributed by atoms with van der Waals surface area (Å²) in [6.45, 7) is 2.30. The highest BCUT2D eigenvalue weighted by atomic mass is 32.1. The number of hydrogen-bond donors (Lipinski definition) is 3. The molecule has 0 aromatic carbocycles. The van der Waals surface area contributed by atoms with Gasteiger partial charge in [0.05, 0.1) is 5.01 Å². The lowest BCUT2D eigenvalue weighted by atomic mass is 10.2. The average Bonchev–Trinajstić information content (AvgIpc) is 2.89. The molecule has 0 radical (unpaired) electrons. The van der Waals surface area contributed by atoms with Gasteiger partial charge < -0.3 is 10.4 Å². The molecule has 1 unspecified atom stereocenters. The number of hydrogen-bond acceptors (Lipinski definition) is 5. The molecule has 1 aromatic rings. The Balaban J connectivity index is 2.19. The number of carboxylic acids is 1. The smallest absolute Gasteiger partial charge is 0.321 e. The van der Waals surface area contributed by atoms with Crippen molar-refractivity contribution >= 4 is 29.2 Å². The Morgan fingerprint density at radius 1 is 1.40 bits per heavy atom. The number of carbonyl (C=O) groups excluding carboxylic acids is 2. The van der Waals surface area contributed by atoms with Gasteiger partial charge in [-0.1, -0.05) is 6.92 Å². The van der Waals surface area contributed by atoms with E-state index in [9.17, 15) is 14.4 Å². The van der Waals surface area contributed by atoms with E-state index in [2.05, 4.69) is 15.6 Å². The van der Waals surface area contributed by atoms with E-state index in [0.29, 0.717) is 6.54 Å². The van der Waals surface area contributed by atoms with E-state index in [1.165, 1.54) is 11.3 Å². The van der Waals surface area contributed by atoms with Crippen LogP contribution in [0.4, 0.5) is 4.79 Å². The summed E-state index contributed by atoms with van der Waals surface area (Å²) in [7, 11) is 0. The van der Waals surface area contributed by atoms with Crippen LogP contribution in [0.3, 0.4) is 0 Å². The monoisotopic (exact) mass is 299 g/mol. The van der Waals surface area contributed by atoms with Gasteiger partial charge in [-0.15, -0.1) is 11.3 Å². The van der Waals surface area contributed by atoms with Crippen molar-refractivity contribution in [3.63, 3.8) is 0 Å². The standard InChI is InChI=1S/C12H17N3O4S/c1-8(11-13-5-6-20-11)7-14-12(19)15-9(16)3-2-4-10(17)18/h5-6,8H,2-4,7H2,1H3,(H,17,18)(H2,14,15,16,19). The Morgan fingerprint density at radius 3 is 2.75 bits per heavy atom. The summed E-state index contributed by atoms with van der Waals surface area (Å²) in [6, 6.07) is -0.575. The van der Waals surface area contributed by atoms with Crippen molar-refractivity contribution < 1.29 is 19.5 Å². The molecule has 1 rings (SSSR count). The molecule has 20 heavy (non-hydrogen) atoms. The highest BCUT2D eigenvalue weighted by molar-refractivity contribution is 7.09. The number of thiazole rings is 1. The zero-order chi connectivity index (χ0) is 15.0. The molecule has 7 nitrogen and oxygen atoms in total. The third kappa shape index (κ3) is 6.28. The summed E-state index contributed by atoms with van der Waals surface area (Å²) in [5.41, 5.74) is 0. The summed E-state index contributed by atoms with van der Waals surface area (Å²) in [4.78, 5) is 37.2. The highest BCUT2D eigenvalue weighted by Crippen LogP contribution is 2.16. The summed E-state index contributed by atoms with van der Waals surface area (Å²) >= 11 is 1.51. The number of carbonyl (C=O) groups is 3. The SMILES string of the molecule is CC(CNC(=O)NC(=O)CCCC(=O)O)c1nccs1. The maximum absolute atomic E-state index is 11.4. The molecule has 0 saturated heterocycles. The lowest BCUT2D eigenvalue weighted by Crippen LogP contribution is -2.40. The Bertz CT molecular complexity index is 461. The van der Waals surface area contributed by atoms with E-state index in [1.807, 2.05) is 12.3 Å². The lowest BCUT2D eigenvalue weighted by molar-refractivity contribution is -0.137.